The molecule has 0 spiro atoms. The summed E-state index contributed by atoms with van der Waals surface area (Å²) in [5.41, 5.74) is 0.968. The molecule has 2 N–H and O–H groups in total. The zero-order valence-electron chi connectivity index (χ0n) is 9.50. The van der Waals surface area contributed by atoms with E-state index in [9.17, 15) is 10.2 Å². The van der Waals surface area contributed by atoms with Crippen LogP contribution in [0.4, 0.5) is 0 Å². The first kappa shape index (κ1) is 11.2. The van der Waals surface area contributed by atoms with Gasteiger partial charge in [-0.05, 0) is 17.9 Å². The van der Waals surface area contributed by atoms with Crippen molar-refractivity contribution in [3.8, 4) is 0 Å². The van der Waals surface area contributed by atoms with Crippen LogP contribution in [0.1, 0.15) is 19.8 Å². The molecule has 3 unspecified atom stereocenters. The zero-order valence-corrected chi connectivity index (χ0v) is 9.50. The van der Waals surface area contributed by atoms with Gasteiger partial charge in [0.15, 0.2) is 0 Å². The summed E-state index contributed by atoms with van der Waals surface area (Å²) in [5.74, 6) is 0.683. The van der Waals surface area contributed by atoms with E-state index in [1.807, 2.05) is 24.3 Å². The van der Waals surface area contributed by atoms with Gasteiger partial charge in [-0.3, -0.25) is 0 Å². The summed E-state index contributed by atoms with van der Waals surface area (Å²) in [7, 11) is 0. The lowest BCUT2D eigenvalue weighted by molar-refractivity contribution is 0.152. The minimum atomic E-state index is -0.448. The predicted molar refractivity (Wildman–Crippen MR) is 65.0 cm³/mol. The van der Waals surface area contributed by atoms with Gasteiger partial charge >= 0.3 is 0 Å². The lowest BCUT2D eigenvalue weighted by atomic mass is 9.79. The average Bonchev–Trinajstić information content (AvgIpc) is 2.29. The van der Waals surface area contributed by atoms with Gasteiger partial charge < -0.3 is 10.2 Å². The van der Waals surface area contributed by atoms with Gasteiger partial charge in [0.25, 0.3) is 0 Å². The Bertz CT molecular complexity index is 374. The molecule has 0 amide bonds. The second kappa shape index (κ2) is 4.71. The van der Waals surface area contributed by atoms with Gasteiger partial charge in [-0.25, -0.2) is 0 Å². The number of hydrogen-bond donors (Lipinski definition) is 2. The van der Waals surface area contributed by atoms with E-state index in [-0.39, 0.29) is 11.8 Å². The SMILES string of the molecule is CC(C1=C(O)CCC=C1)C1C=CC=CC1O. The van der Waals surface area contributed by atoms with Crippen molar-refractivity contribution in [1.82, 2.24) is 0 Å². The Labute approximate surface area is 96.3 Å². The number of hydrogen-bond acceptors (Lipinski definition) is 2. The molecule has 0 saturated carbocycles. The Balaban J connectivity index is 2.19. The molecular formula is C14H18O2. The van der Waals surface area contributed by atoms with Crippen molar-refractivity contribution in [2.24, 2.45) is 11.8 Å². The van der Waals surface area contributed by atoms with Gasteiger partial charge in [0.1, 0.15) is 0 Å². The van der Waals surface area contributed by atoms with E-state index in [1.165, 1.54) is 0 Å². The molecule has 0 fully saturated rings. The third kappa shape index (κ3) is 2.12. The predicted octanol–water partition coefficient (Wildman–Crippen LogP) is 2.89. The fourth-order valence-corrected chi connectivity index (χ4v) is 2.37. The maximum absolute atomic E-state index is 9.89. The summed E-state index contributed by atoms with van der Waals surface area (Å²) < 4.78 is 0. The molecule has 0 aliphatic heterocycles. The van der Waals surface area contributed by atoms with Crippen LogP contribution in [-0.4, -0.2) is 16.3 Å². The highest BCUT2D eigenvalue weighted by molar-refractivity contribution is 5.31. The Morgan fingerprint density at radius 1 is 1.31 bits per heavy atom. The molecule has 0 aromatic rings. The maximum atomic E-state index is 9.89. The summed E-state index contributed by atoms with van der Waals surface area (Å²) >= 11 is 0. The Hall–Kier alpha value is -1.28. The highest BCUT2D eigenvalue weighted by Crippen LogP contribution is 2.32. The van der Waals surface area contributed by atoms with Crippen LogP contribution in [0.3, 0.4) is 0 Å². The van der Waals surface area contributed by atoms with E-state index in [4.69, 9.17) is 0 Å². The highest BCUT2D eigenvalue weighted by atomic mass is 16.3. The Morgan fingerprint density at radius 3 is 2.75 bits per heavy atom. The van der Waals surface area contributed by atoms with E-state index >= 15 is 0 Å². The fourth-order valence-electron chi connectivity index (χ4n) is 2.37. The lowest BCUT2D eigenvalue weighted by Crippen LogP contribution is -2.26. The van der Waals surface area contributed by atoms with E-state index < -0.39 is 6.10 Å². The largest absolute Gasteiger partial charge is 0.512 e. The minimum absolute atomic E-state index is 0.0601. The van der Waals surface area contributed by atoms with Crippen molar-refractivity contribution < 1.29 is 10.2 Å². The van der Waals surface area contributed by atoms with Crippen LogP contribution in [0.15, 0.2) is 47.8 Å². The lowest BCUT2D eigenvalue weighted by Gasteiger charge is -2.28. The monoisotopic (exact) mass is 218 g/mol. The van der Waals surface area contributed by atoms with Crippen LogP contribution in [0.5, 0.6) is 0 Å². The first-order valence-corrected chi connectivity index (χ1v) is 5.81. The van der Waals surface area contributed by atoms with Crippen LogP contribution in [-0.2, 0) is 0 Å². The number of allylic oxidation sites excluding steroid dienone is 6. The maximum Gasteiger partial charge on any atom is 0.0960 e. The molecule has 2 rings (SSSR count). The van der Waals surface area contributed by atoms with Crippen LogP contribution in [0, 0.1) is 11.8 Å². The van der Waals surface area contributed by atoms with Gasteiger partial charge in [-0.2, -0.15) is 0 Å². The minimum Gasteiger partial charge on any atom is -0.512 e. The summed E-state index contributed by atoms with van der Waals surface area (Å²) in [5, 5.41) is 19.8. The van der Waals surface area contributed by atoms with Crippen LogP contribution in [0.25, 0.3) is 0 Å². The van der Waals surface area contributed by atoms with Gasteiger partial charge in [0, 0.05) is 12.3 Å². The van der Waals surface area contributed by atoms with Crippen LogP contribution < -0.4 is 0 Å². The topological polar surface area (TPSA) is 40.5 Å². The molecule has 3 atom stereocenters. The summed E-state index contributed by atoms with van der Waals surface area (Å²) in [6.45, 7) is 2.05. The first-order chi connectivity index (χ1) is 7.70. The molecule has 0 radical (unpaired) electrons. The standard InChI is InChI=1S/C14H18O2/c1-10(11-6-2-4-8-13(11)15)12-7-3-5-9-14(12)16/h2-4,6-8,10-11,13,15-16H,5,9H2,1H3. The second-order valence-corrected chi connectivity index (χ2v) is 4.47. The van der Waals surface area contributed by atoms with Crippen LogP contribution in [0.2, 0.25) is 0 Å². The third-order valence-electron chi connectivity index (χ3n) is 3.39. The summed E-state index contributed by atoms with van der Waals surface area (Å²) in [6.07, 6.45) is 12.9. The van der Waals surface area contributed by atoms with Gasteiger partial charge in [-0.15, -0.1) is 0 Å². The van der Waals surface area contributed by atoms with Crippen molar-refractivity contribution in [3.63, 3.8) is 0 Å². The molecule has 2 aliphatic rings. The average molecular weight is 218 g/mol. The third-order valence-corrected chi connectivity index (χ3v) is 3.39. The summed E-state index contributed by atoms with van der Waals surface area (Å²) in [4.78, 5) is 0. The van der Waals surface area contributed by atoms with Gasteiger partial charge in [0.2, 0.25) is 0 Å². The van der Waals surface area contributed by atoms with Crippen molar-refractivity contribution in [3.05, 3.63) is 47.8 Å². The molecule has 0 aromatic heterocycles. The molecule has 0 aromatic carbocycles. The van der Waals surface area contributed by atoms with Gasteiger partial charge in [0.05, 0.1) is 11.9 Å². The van der Waals surface area contributed by atoms with E-state index in [0.717, 1.165) is 18.4 Å². The molecule has 0 bridgehead atoms. The normalized spacial score (nSPS) is 30.9. The Kier molecular flexibility index (Phi) is 3.30. The summed E-state index contributed by atoms with van der Waals surface area (Å²) in [6, 6.07) is 0. The molecule has 2 nitrogen and oxygen atoms in total. The number of aliphatic hydroxyl groups is 2. The fraction of sp³-hybridized carbons (Fsp3) is 0.429. The zero-order chi connectivity index (χ0) is 11.5. The van der Waals surface area contributed by atoms with Crippen LogP contribution >= 0.6 is 0 Å². The van der Waals surface area contributed by atoms with Crippen molar-refractivity contribution >= 4 is 0 Å². The molecular weight excluding hydrogens is 200 g/mol. The number of aliphatic hydroxyl groups excluding tert-OH is 2. The smallest absolute Gasteiger partial charge is 0.0960 e. The first-order valence-electron chi connectivity index (χ1n) is 5.81. The quantitative estimate of drug-likeness (QED) is 0.748. The van der Waals surface area contributed by atoms with Crippen molar-refractivity contribution in [2.45, 2.75) is 25.9 Å². The molecule has 0 saturated heterocycles. The van der Waals surface area contributed by atoms with Crippen molar-refractivity contribution in [2.75, 3.05) is 0 Å². The van der Waals surface area contributed by atoms with E-state index in [0.29, 0.717) is 5.76 Å². The van der Waals surface area contributed by atoms with E-state index in [1.54, 1.807) is 6.08 Å². The van der Waals surface area contributed by atoms with Crippen molar-refractivity contribution in [1.29, 1.82) is 0 Å². The van der Waals surface area contributed by atoms with E-state index in [2.05, 4.69) is 13.0 Å². The number of rotatable bonds is 2. The highest BCUT2D eigenvalue weighted by Gasteiger charge is 2.26. The Morgan fingerprint density at radius 2 is 2.06 bits per heavy atom. The molecule has 0 heterocycles. The molecule has 86 valence electrons. The molecule has 16 heavy (non-hydrogen) atoms. The molecule has 2 heteroatoms. The second-order valence-electron chi connectivity index (χ2n) is 4.47. The van der Waals surface area contributed by atoms with Gasteiger partial charge in [-0.1, -0.05) is 43.4 Å². The molecule has 2 aliphatic carbocycles.